The normalized spacial score (nSPS) is 11.6. The van der Waals surface area contributed by atoms with Gasteiger partial charge in [-0.15, -0.1) is 0 Å². The molecule has 0 aliphatic heterocycles. The van der Waals surface area contributed by atoms with Crippen LogP contribution in [0.15, 0.2) is 53.6 Å². The molecular formula is C21H17ClFN5O2S. The molecule has 0 amide bonds. The predicted octanol–water partition coefficient (Wildman–Crippen LogP) is 4.55. The zero-order valence-electron chi connectivity index (χ0n) is 16.6. The lowest BCUT2D eigenvalue weighted by Crippen LogP contribution is -2.14. The number of rotatable bonds is 5. The van der Waals surface area contributed by atoms with E-state index in [0.717, 1.165) is 5.56 Å². The van der Waals surface area contributed by atoms with E-state index in [0.29, 0.717) is 34.4 Å². The number of hydrogen-bond acceptors (Lipinski definition) is 6. The minimum absolute atomic E-state index is 0.0219. The molecule has 0 atom stereocenters. The van der Waals surface area contributed by atoms with Crippen molar-refractivity contribution >= 4 is 38.5 Å². The molecule has 0 saturated carbocycles. The summed E-state index contributed by atoms with van der Waals surface area (Å²) in [6, 6.07) is 11.3. The van der Waals surface area contributed by atoms with Crippen molar-refractivity contribution < 1.29 is 12.8 Å². The van der Waals surface area contributed by atoms with E-state index in [1.165, 1.54) is 18.3 Å². The minimum Gasteiger partial charge on any atom is -0.262 e. The van der Waals surface area contributed by atoms with E-state index in [-0.39, 0.29) is 15.7 Å². The summed E-state index contributed by atoms with van der Waals surface area (Å²) < 4.78 is 41.1. The van der Waals surface area contributed by atoms with Crippen LogP contribution in [0.25, 0.3) is 22.3 Å². The van der Waals surface area contributed by atoms with Gasteiger partial charge in [0.05, 0.1) is 27.3 Å². The van der Waals surface area contributed by atoms with E-state index in [1.54, 1.807) is 37.3 Å². The highest BCUT2D eigenvalue weighted by molar-refractivity contribution is 7.92. The molecule has 0 saturated heterocycles. The monoisotopic (exact) mass is 457 g/mol. The van der Waals surface area contributed by atoms with Gasteiger partial charge >= 0.3 is 6.08 Å². The third kappa shape index (κ3) is 4.19. The summed E-state index contributed by atoms with van der Waals surface area (Å²) >= 11 is 6.37. The lowest BCUT2D eigenvalue weighted by atomic mass is 10.0. The summed E-state index contributed by atoms with van der Waals surface area (Å²) in [5.41, 5.74) is 3.39. The molecule has 3 heterocycles. The van der Waals surface area contributed by atoms with Gasteiger partial charge in [-0.1, -0.05) is 36.7 Å². The van der Waals surface area contributed by atoms with Crippen molar-refractivity contribution in [3.05, 3.63) is 71.0 Å². The zero-order chi connectivity index (χ0) is 22.2. The smallest absolute Gasteiger partial charge is 0.262 e. The van der Waals surface area contributed by atoms with Gasteiger partial charge in [0.2, 0.25) is 0 Å². The third-order valence-corrected chi connectivity index (χ3v) is 6.35. The van der Waals surface area contributed by atoms with Crippen LogP contribution in [-0.2, 0) is 16.4 Å². The van der Waals surface area contributed by atoms with Gasteiger partial charge in [-0.05, 0) is 43.2 Å². The van der Waals surface area contributed by atoms with Gasteiger partial charge in [0.25, 0.3) is 10.0 Å². The van der Waals surface area contributed by atoms with Crippen molar-refractivity contribution in [1.29, 1.82) is 0 Å². The molecule has 0 fully saturated rings. The Morgan fingerprint density at radius 1 is 1.10 bits per heavy atom. The first-order valence-corrected chi connectivity index (χ1v) is 11.2. The van der Waals surface area contributed by atoms with Gasteiger partial charge < -0.3 is 0 Å². The second-order valence-electron chi connectivity index (χ2n) is 6.76. The Labute approximate surface area is 183 Å². The van der Waals surface area contributed by atoms with Crippen molar-refractivity contribution in [2.45, 2.75) is 25.2 Å². The van der Waals surface area contributed by atoms with Crippen LogP contribution in [0.5, 0.6) is 0 Å². The molecule has 0 aliphatic rings. The Hall–Kier alpha value is -3.17. The summed E-state index contributed by atoms with van der Waals surface area (Å²) in [6.07, 6.45) is 1.12. The highest BCUT2D eigenvalue weighted by atomic mass is 35.5. The molecule has 0 spiro atoms. The van der Waals surface area contributed by atoms with E-state index in [2.05, 4.69) is 24.7 Å². The molecule has 3 aromatic heterocycles. The molecular weight excluding hydrogens is 441 g/mol. The van der Waals surface area contributed by atoms with E-state index in [1.807, 2.05) is 6.92 Å². The lowest BCUT2D eigenvalue weighted by molar-refractivity contribution is 0.544. The maximum Gasteiger partial charge on any atom is 0.309 e. The second-order valence-corrected chi connectivity index (χ2v) is 8.85. The molecule has 7 nitrogen and oxygen atoms in total. The maximum atomic E-state index is 13.5. The third-order valence-electron chi connectivity index (χ3n) is 4.70. The number of fused-ring (bicyclic) bond motifs is 1. The quantitative estimate of drug-likeness (QED) is 0.441. The fourth-order valence-corrected chi connectivity index (χ4v) is 4.47. The molecule has 0 aliphatic carbocycles. The molecule has 1 N–H and O–H groups in total. The number of nitrogens with one attached hydrogen (secondary N) is 1. The Morgan fingerprint density at radius 3 is 2.55 bits per heavy atom. The fraction of sp³-hybridized carbons (Fsp3) is 0.143. The van der Waals surface area contributed by atoms with Crippen LogP contribution >= 0.6 is 11.6 Å². The number of pyridine rings is 2. The number of halogens is 2. The van der Waals surface area contributed by atoms with E-state index >= 15 is 0 Å². The Kier molecular flexibility index (Phi) is 5.55. The van der Waals surface area contributed by atoms with Crippen LogP contribution in [0.2, 0.25) is 5.02 Å². The Bertz CT molecular complexity index is 1400. The number of hydrogen-bond donors (Lipinski definition) is 1. The van der Waals surface area contributed by atoms with Crippen molar-refractivity contribution in [2.24, 2.45) is 0 Å². The van der Waals surface area contributed by atoms with Crippen molar-refractivity contribution in [3.63, 3.8) is 0 Å². The maximum absolute atomic E-state index is 13.5. The number of sulfonamides is 1. The summed E-state index contributed by atoms with van der Waals surface area (Å²) in [4.78, 5) is 16.4. The molecule has 31 heavy (non-hydrogen) atoms. The summed E-state index contributed by atoms with van der Waals surface area (Å²) in [7, 11) is -3.84. The van der Waals surface area contributed by atoms with E-state index in [4.69, 9.17) is 11.6 Å². The van der Waals surface area contributed by atoms with Gasteiger partial charge in [0.15, 0.2) is 5.82 Å². The molecule has 0 radical (unpaired) electrons. The van der Waals surface area contributed by atoms with Crippen LogP contribution in [-0.4, -0.2) is 28.4 Å². The SMILES string of the molecule is CCc1cc(-c2cc(Cl)c(NS(=O)(=O)c3ccccc3)nc2C)nc2cnc(F)nc12. The van der Waals surface area contributed by atoms with Crippen molar-refractivity contribution in [1.82, 2.24) is 19.9 Å². The molecule has 158 valence electrons. The molecule has 0 bridgehead atoms. The zero-order valence-corrected chi connectivity index (χ0v) is 18.2. The Balaban J connectivity index is 1.77. The summed E-state index contributed by atoms with van der Waals surface area (Å²) in [5.74, 6) is 0.0219. The first-order valence-electron chi connectivity index (χ1n) is 9.36. The fourth-order valence-electron chi connectivity index (χ4n) is 3.17. The number of anilines is 1. The average molecular weight is 458 g/mol. The predicted molar refractivity (Wildman–Crippen MR) is 117 cm³/mol. The van der Waals surface area contributed by atoms with Crippen molar-refractivity contribution in [3.8, 4) is 11.3 Å². The van der Waals surface area contributed by atoms with Crippen LogP contribution in [0.4, 0.5) is 10.2 Å². The first-order chi connectivity index (χ1) is 14.8. The topological polar surface area (TPSA) is 97.7 Å². The molecule has 0 unspecified atom stereocenters. The standard InChI is InChI=1S/C21H17ClFN5O2S/c1-3-13-9-17(26-18-11-24-21(23)27-19(13)18)15-10-16(22)20(25-12(15)2)28-31(29,30)14-7-5-4-6-8-14/h4-11H,3H2,1-2H3,(H,25,28). The average Bonchev–Trinajstić information content (AvgIpc) is 2.75. The van der Waals surface area contributed by atoms with Gasteiger partial charge in [0, 0.05) is 11.3 Å². The molecule has 4 rings (SSSR count). The van der Waals surface area contributed by atoms with Gasteiger partial charge in [-0.2, -0.15) is 4.39 Å². The largest absolute Gasteiger partial charge is 0.309 e. The number of aromatic nitrogens is 4. The number of aryl methyl sites for hydroxylation is 2. The molecule has 1 aromatic carbocycles. The first kappa shape index (κ1) is 21.1. The Morgan fingerprint density at radius 2 is 1.84 bits per heavy atom. The van der Waals surface area contributed by atoms with E-state index < -0.39 is 16.1 Å². The van der Waals surface area contributed by atoms with Crippen molar-refractivity contribution in [2.75, 3.05) is 4.72 Å². The number of benzene rings is 1. The van der Waals surface area contributed by atoms with Gasteiger partial charge in [0.1, 0.15) is 5.52 Å². The molecule has 4 aromatic rings. The van der Waals surface area contributed by atoms with E-state index in [9.17, 15) is 12.8 Å². The second kappa shape index (κ2) is 8.16. The highest BCUT2D eigenvalue weighted by Crippen LogP contribution is 2.32. The summed E-state index contributed by atoms with van der Waals surface area (Å²) in [6.45, 7) is 3.66. The van der Waals surface area contributed by atoms with Gasteiger partial charge in [-0.3, -0.25) is 4.72 Å². The minimum atomic E-state index is -3.84. The van der Waals surface area contributed by atoms with Crippen LogP contribution < -0.4 is 4.72 Å². The van der Waals surface area contributed by atoms with Gasteiger partial charge in [-0.25, -0.2) is 28.4 Å². The number of nitrogens with zero attached hydrogens (tertiary/aromatic N) is 4. The highest BCUT2D eigenvalue weighted by Gasteiger charge is 2.19. The van der Waals surface area contributed by atoms with Crippen LogP contribution in [0.1, 0.15) is 18.2 Å². The van der Waals surface area contributed by atoms with Crippen LogP contribution in [0.3, 0.4) is 0 Å². The lowest BCUT2D eigenvalue weighted by Gasteiger charge is -2.13. The van der Waals surface area contributed by atoms with Crippen LogP contribution in [0, 0.1) is 13.0 Å². The summed E-state index contributed by atoms with van der Waals surface area (Å²) in [5, 5.41) is 0.121. The molecule has 10 heteroatoms.